The van der Waals surface area contributed by atoms with Gasteiger partial charge in [-0.25, -0.2) is 0 Å². The minimum absolute atomic E-state index is 1.13. The van der Waals surface area contributed by atoms with E-state index >= 15 is 0 Å². The van der Waals surface area contributed by atoms with E-state index in [1.165, 1.54) is 74.4 Å². The van der Waals surface area contributed by atoms with Gasteiger partial charge in [-0.05, 0) is 97.4 Å². The average molecular weight is 628 g/mol. The molecule has 0 aliphatic carbocycles. The molecule has 10 rings (SSSR count). The first kappa shape index (κ1) is 27.2. The molecule has 9 aromatic carbocycles. The molecular weight excluding hydrogens is 599 g/mol. The summed E-state index contributed by atoms with van der Waals surface area (Å²) in [6, 6.07) is 64.6. The molecule has 0 aliphatic heterocycles. The van der Waals surface area contributed by atoms with E-state index < -0.39 is 0 Å². The molecule has 0 aliphatic rings. The molecule has 0 atom stereocenters. The number of anilines is 3. The van der Waals surface area contributed by atoms with E-state index in [9.17, 15) is 0 Å². The summed E-state index contributed by atoms with van der Waals surface area (Å²) < 4.78 is 2.66. The second-order valence-corrected chi connectivity index (χ2v) is 13.6. The van der Waals surface area contributed by atoms with Crippen molar-refractivity contribution in [2.75, 3.05) is 4.90 Å². The Balaban J connectivity index is 1.25. The molecule has 0 saturated heterocycles. The van der Waals surface area contributed by atoms with Crippen LogP contribution in [0.25, 0.3) is 74.4 Å². The summed E-state index contributed by atoms with van der Waals surface area (Å²) in [5.74, 6) is 0. The molecule has 0 bridgehead atoms. The zero-order chi connectivity index (χ0) is 31.6. The molecule has 2 heteroatoms. The first-order valence-corrected chi connectivity index (χ1v) is 17.2. The predicted octanol–water partition coefficient (Wildman–Crippen LogP) is 13.8. The molecule has 0 fully saturated rings. The summed E-state index contributed by atoms with van der Waals surface area (Å²) in [6.07, 6.45) is 0. The smallest absolute Gasteiger partial charge is 0.0540 e. The lowest BCUT2D eigenvalue weighted by molar-refractivity contribution is 1.30. The fourth-order valence-corrected chi connectivity index (χ4v) is 8.66. The summed E-state index contributed by atoms with van der Waals surface area (Å²) in [4.78, 5) is 2.45. The molecule has 1 nitrogen and oxygen atoms in total. The standard InChI is InChI=1S/C46H29NS/c1-2-10-30(11-3-1)33-13-8-14-36(26-33)47(37-24-22-34-29-45-42(28-35(34)27-37)40-16-6-7-19-44(40)48-45)43-18-9-17-41-39(43)25-23-32-21-20-31-12-4-5-15-38(31)46(32)41/h1-29H. The highest BCUT2D eigenvalue weighted by atomic mass is 32.1. The second kappa shape index (κ2) is 10.8. The van der Waals surface area contributed by atoms with Crippen molar-refractivity contribution in [1.29, 1.82) is 0 Å². The molecule has 0 unspecified atom stereocenters. The van der Waals surface area contributed by atoms with Gasteiger partial charge in [0, 0.05) is 36.9 Å². The van der Waals surface area contributed by atoms with Crippen molar-refractivity contribution in [3.8, 4) is 11.1 Å². The van der Waals surface area contributed by atoms with Crippen molar-refractivity contribution in [3.05, 3.63) is 176 Å². The van der Waals surface area contributed by atoms with Crippen LogP contribution < -0.4 is 4.90 Å². The van der Waals surface area contributed by atoms with Gasteiger partial charge in [-0.15, -0.1) is 11.3 Å². The third-order valence-electron chi connectivity index (χ3n) is 9.77. The van der Waals surface area contributed by atoms with E-state index in [0.717, 1.165) is 17.1 Å². The predicted molar refractivity (Wildman–Crippen MR) is 209 cm³/mol. The highest BCUT2D eigenvalue weighted by Crippen LogP contribution is 2.44. The number of hydrogen-bond acceptors (Lipinski definition) is 2. The fourth-order valence-electron chi connectivity index (χ4n) is 7.52. The van der Waals surface area contributed by atoms with Gasteiger partial charge >= 0.3 is 0 Å². The van der Waals surface area contributed by atoms with Crippen LogP contribution in [0.15, 0.2) is 176 Å². The van der Waals surface area contributed by atoms with E-state index in [1.807, 2.05) is 11.3 Å². The average Bonchev–Trinajstić information content (AvgIpc) is 3.51. The Morgan fingerprint density at radius 3 is 1.98 bits per heavy atom. The molecule has 0 saturated carbocycles. The largest absolute Gasteiger partial charge is 0.310 e. The maximum absolute atomic E-state index is 2.45. The lowest BCUT2D eigenvalue weighted by atomic mass is 9.95. The van der Waals surface area contributed by atoms with Crippen LogP contribution in [0.5, 0.6) is 0 Å². The van der Waals surface area contributed by atoms with Crippen LogP contribution in [0.1, 0.15) is 0 Å². The third kappa shape index (κ3) is 4.31. The Morgan fingerprint density at radius 2 is 1.04 bits per heavy atom. The zero-order valence-electron chi connectivity index (χ0n) is 26.1. The lowest BCUT2D eigenvalue weighted by Crippen LogP contribution is -2.10. The van der Waals surface area contributed by atoms with Gasteiger partial charge in [0.25, 0.3) is 0 Å². The zero-order valence-corrected chi connectivity index (χ0v) is 26.9. The van der Waals surface area contributed by atoms with Crippen LogP contribution in [0.3, 0.4) is 0 Å². The Morgan fingerprint density at radius 1 is 0.333 bits per heavy atom. The molecule has 0 spiro atoms. The van der Waals surface area contributed by atoms with Gasteiger partial charge in [-0.3, -0.25) is 0 Å². The third-order valence-corrected chi connectivity index (χ3v) is 10.9. The van der Waals surface area contributed by atoms with Gasteiger partial charge in [0.15, 0.2) is 0 Å². The molecule has 10 aromatic rings. The molecular formula is C46H29NS. The molecule has 1 aromatic heterocycles. The van der Waals surface area contributed by atoms with Crippen LogP contribution in [0.2, 0.25) is 0 Å². The quantitative estimate of drug-likeness (QED) is 0.176. The topological polar surface area (TPSA) is 3.24 Å². The molecule has 0 amide bonds. The number of rotatable bonds is 4. The van der Waals surface area contributed by atoms with E-state index in [4.69, 9.17) is 0 Å². The van der Waals surface area contributed by atoms with Crippen LogP contribution in [-0.4, -0.2) is 0 Å². The van der Waals surface area contributed by atoms with E-state index in [2.05, 4.69) is 181 Å². The van der Waals surface area contributed by atoms with E-state index in [0.29, 0.717) is 0 Å². The van der Waals surface area contributed by atoms with Gasteiger partial charge in [-0.2, -0.15) is 0 Å². The number of nitrogens with zero attached hydrogens (tertiary/aromatic N) is 1. The minimum Gasteiger partial charge on any atom is -0.310 e. The van der Waals surface area contributed by atoms with Crippen LogP contribution in [-0.2, 0) is 0 Å². The van der Waals surface area contributed by atoms with Gasteiger partial charge in [0.1, 0.15) is 0 Å². The van der Waals surface area contributed by atoms with Gasteiger partial charge in [-0.1, -0.05) is 127 Å². The summed E-state index contributed by atoms with van der Waals surface area (Å²) in [6.45, 7) is 0. The Bertz CT molecular complexity index is 2850. The normalized spacial score (nSPS) is 11.8. The molecule has 48 heavy (non-hydrogen) atoms. The Kier molecular flexibility index (Phi) is 6.12. The number of benzene rings is 9. The van der Waals surface area contributed by atoms with Crippen LogP contribution in [0, 0.1) is 0 Å². The fraction of sp³-hybridized carbons (Fsp3) is 0. The van der Waals surface area contributed by atoms with E-state index in [1.54, 1.807) is 0 Å². The monoisotopic (exact) mass is 627 g/mol. The van der Waals surface area contributed by atoms with Gasteiger partial charge in [0.05, 0.1) is 5.69 Å². The van der Waals surface area contributed by atoms with Crippen molar-refractivity contribution >= 4 is 91.7 Å². The summed E-state index contributed by atoms with van der Waals surface area (Å²) >= 11 is 1.87. The van der Waals surface area contributed by atoms with Crippen molar-refractivity contribution in [3.63, 3.8) is 0 Å². The molecule has 224 valence electrons. The molecule has 0 N–H and O–H groups in total. The maximum atomic E-state index is 2.45. The maximum Gasteiger partial charge on any atom is 0.0540 e. The van der Waals surface area contributed by atoms with Crippen LogP contribution >= 0.6 is 11.3 Å². The van der Waals surface area contributed by atoms with Gasteiger partial charge in [0.2, 0.25) is 0 Å². The Labute approximate surface area is 282 Å². The van der Waals surface area contributed by atoms with Crippen molar-refractivity contribution < 1.29 is 0 Å². The number of hydrogen-bond donors (Lipinski definition) is 0. The van der Waals surface area contributed by atoms with Crippen molar-refractivity contribution in [2.45, 2.75) is 0 Å². The first-order valence-electron chi connectivity index (χ1n) is 16.4. The van der Waals surface area contributed by atoms with Crippen molar-refractivity contribution in [2.24, 2.45) is 0 Å². The molecule has 0 radical (unpaired) electrons. The highest BCUT2D eigenvalue weighted by Gasteiger charge is 2.18. The molecule has 1 heterocycles. The highest BCUT2D eigenvalue weighted by molar-refractivity contribution is 7.25. The van der Waals surface area contributed by atoms with Crippen molar-refractivity contribution in [1.82, 2.24) is 0 Å². The number of fused-ring (bicyclic) bond motifs is 9. The van der Waals surface area contributed by atoms with Gasteiger partial charge < -0.3 is 4.90 Å². The van der Waals surface area contributed by atoms with Crippen LogP contribution in [0.4, 0.5) is 17.1 Å². The number of thiophene rings is 1. The lowest BCUT2D eigenvalue weighted by Gasteiger charge is -2.28. The first-order chi connectivity index (χ1) is 23.8. The Hall–Kier alpha value is -5.96. The second-order valence-electron chi connectivity index (χ2n) is 12.6. The summed E-state index contributed by atoms with van der Waals surface area (Å²) in [7, 11) is 0. The summed E-state index contributed by atoms with van der Waals surface area (Å²) in [5.41, 5.74) is 5.83. The SMILES string of the molecule is c1ccc(-c2cccc(N(c3ccc4cc5sc6ccccc6c5cc4c3)c3cccc4c3ccc3ccc5ccccc5c34)c2)cc1. The van der Waals surface area contributed by atoms with E-state index in [-0.39, 0.29) is 0 Å². The minimum atomic E-state index is 1.13. The summed E-state index contributed by atoms with van der Waals surface area (Å²) in [5, 5.41) is 12.7.